The molecule has 0 saturated heterocycles. The van der Waals surface area contributed by atoms with Gasteiger partial charge in [0.15, 0.2) is 0 Å². The van der Waals surface area contributed by atoms with E-state index >= 15 is 0 Å². The number of anilines is 1. The summed E-state index contributed by atoms with van der Waals surface area (Å²) >= 11 is 11.6. The summed E-state index contributed by atoms with van der Waals surface area (Å²) in [4.78, 5) is 13.9. The van der Waals surface area contributed by atoms with Crippen LogP contribution in [0.15, 0.2) is 24.3 Å². The van der Waals surface area contributed by atoms with Crippen molar-refractivity contribution in [2.75, 3.05) is 29.7 Å². The maximum Gasteiger partial charge on any atom is 0.245 e. The fourth-order valence-corrected chi connectivity index (χ4v) is 3.12. The van der Waals surface area contributed by atoms with E-state index in [0.29, 0.717) is 30.4 Å². The van der Waals surface area contributed by atoms with E-state index in [9.17, 15) is 13.6 Å². The van der Waals surface area contributed by atoms with Crippen LogP contribution in [0, 0.1) is 0 Å². The average molecular weight is 409 g/mol. The van der Waals surface area contributed by atoms with Gasteiger partial charge in [0.25, 0.3) is 0 Å². The minimum atomic E-state index is -2.52. The third-order valence-electron chi connectivity index (χ3n) is 3.90. The normalized spacial score (nSPS) is 12.9. The smallest absolute Gasteiger partial charge is 0.245 e. The Balaban J connectivity index is 2.79. The fraction of sp³-hybridized carbons (Fsp3) is 0.632. The zero-order valence-corrected chi connectivity index (χ0v) is 17.1. The first-order chi connectivity index (χ1) is 12.2. The van der Waals surface area contributed by atoms with Crippen LogP contribution in [0.3, 0.4) is 0 Å². The molecule has 7 heteroatoms. The van der Waals surface area contributed by atoms with Crippen LogP contribution in [-0.4, -0.2) is 42.7 Å². The number of alkyl halides is 4. The number of benzene rings is 1. The third-order valence-corrected chi connectivity index (χ3v) is 4.23. The SMILES string of the molecule is CC(C)(C)NC(=O)CCC(c1ccc(N(CCCl)CCCl)cc1)C(F)F. The minimum absolute atomic E-state index is 0.0681. The molecule has 0 radical (unpaired) electrons. The highest BCUT2D eigenvalue weighted by molar-refractivity contribution is 6.18. The molecular formula is C19H28Cl2F2N2O. The van der Waals surface area contributed by atoms with Crippen molar-refractivity contribution >= 4 is 34.8 Å². The Labute approximate surface area is 165 Å². The van der Waals surface area contributed by atoms with Crippen molar-refractivity contribution < 1.29 is 13.6 Å². The topological polar surface area (TPSA) is 32.3 Å². The van der Waals surface area contributed by atoms with E-state index in [1.54, 1.807) is 24.3 Å². The molecule has 1 N–H and O–H groups in total. The Bertz CT molecular complexity index is 541. The van der Waals surface area contributed by atoms with Crippen LogP contribution in [0.5, 0.6) is 0 Å². The maximum atomic E-state index is 13.5. The molecule has 0 aliphatic rings. The Morgan fingerprint density at radius 1 is 1.12 bits per heavy atom. The molecule has 1 unspecified atom stereocenters. The number of hydrogen-bond acceptors (Lipinski definition) is 2. The van der Waals surface area contributed by atoms with Crippen LogP contribution in [-0.2, 0) is 4.79 Å². The summed E-state index contributed by atoms with van der Waals surface area (Å²) in [6.45, 7) is 6.86. The van der Waals surface area contributed by atoms with Crippen LogP contribution in [0.2, 0.25) is 0 Å². The van der Waals surface area contributed by atoms with E-state index in [0.717, 1.165) is 5.69 Å². The van der Waals surface area contributed by atoms with Crippen LogP contribution in [0.4, 0.5) is 14.5 Å². The molecule has 1 amide bonds. The van der Waals surface area contributed by atoms with Gasteiger partial charge in [-0.15, -0.1) is 23.2 Å². The number of carbonyl (C=O) groups is 1. The van der Waals surface area contributed by atoms with Crippen molar-refractivity contribution in [1.29, 1.82) is 0 Å². The highest BCUT2D eigenvalue weighted by Gasteiger charge is 2.24. The zero-order chi connectivity index (χ0) is 19.7. The largest absolute Gasteiger partial charge is 0.369 e. The molecule has 0 saturated carbocycles. The summed E-state index contributed by atoms with van der Waals surface area (Å²) in [6.07, 6.45) is -2.35. The van der Waals surface area contributed by atoms with Crippen molar-refractivity contribution in [3.8, 4) is 0 Å². The number of hydrogen-bond donors (Lipinski definition) is 1. The molecule has 26 heavy (non-hydrogen) atoms. The molecule has 0 spiro atoms. The van der Waals surface area contributed by atoms with Gasteiger partial charge in [-0.25, -0.2) is 8.78 Å². The van der Waals surface area contributed by atoms with Crippen LogP contribution in [0.25, 0.3) is 0 Å². The van der Waals surface area contributed by atoms with Crippen molar-refractivity contribution in [2.45, 2.75) is 51.5 Å². The molecule has 1 rings (SSSR count). The predicted octanol–water partition coefficient (Wildman–Crippen LogP) is 5.01. The molecule has 0 aliphatic carbocycles. The maximum absolute atomic E-state index is 13.5. The summed E-state index contributed by atoms with van der Waals surface area (Å²) in [7, 11) is 0. The number of rotatable bonds is 10. The predicted molar refractivity (Wildman–Crippen MR) is 106 cm³/mol. The second kappa shape index (κ2) is 10.9. The lowest BCUT2D eigenvalue weighted by Crippen LogP contribution is -2.40. The van der Waals surface area contributed by atoms with Crippen molar-refractivity contribution in [1.82, 2.24) is 5.32 Å². The second-order valence-electron chi connectivity index (χ2n) is 7.23. The van der Waals surface area contributed by atoms with E-state index in [1.165, 1.54) is 0 Å². The molecule has 148 valence electrons. The van der Waals surface area contributed by atoms with Gasteiger partial charge in [-0.3, -0.25) is 4.79 Å². The third kappa shape index (κ3) is 8.09. The monoisotopic (exact) mass is 408 g/mol. The summed E-state index contributed by atoms with van der Waals surface area (Å²) in [6, 6.07) is 7.00. The first-order valence-corrected chi connectivity index (χ1v) is 9.81. The van der Waals surface area contributed by atoms with E-state index in [2.05, 4.69) is 5.32 Å². The van der Waals surface area contributed by atoms with Gasteiger partial charge in [0.05, 0.1) is 0 Å². The van der Waals surface area contributed by atoms with Gasteiger partial charge in [-0.1, -0.05) is 12.1 Å². The molecule has 3 nitrogen and oxygen atoms in total. The lowest BCUT2D eigenvalue weighted by molar-refractivity contribution is -0.122. The average Bonchev–Trinajstić information content (AvgIpc) is 2.53. The summed E-state index contributed by atoms with van der Waals surface area (Å²) in [5.41, 5.74) is 1.06. The van der Waals surface area contributed by atoms with Crippen molar-refractivity contribution in [2.24, 2.45) is 0 Å². The van der Waals surface area contributed by atoms with E-state index in [1.807, 2.05) is 25.7 Å². The van der Waals surface area contributed by atoms with Gasteiger partial charge >= 0.3 is 0 Å². The second-order valence-corrected chi connectivity index (χ2v) is 7.99. The summed E-state index contributed by atoms with van der Waals surface area (Å²) < 4.78 is 27.0. The van der Waals surface area contributed by atoms with Gasteiger partial charge in [0, 0.05) is 48.4 Å². The molecule has 0 bridgehead atoms. The highest BCUT2D eigenvalue weighted by Crippen LogP contribution is 2.30. The number of nitrogens with one attached hydrogen (secondary N) is 1. The number of nitrogens with zero attached hydrogens (tertiary/aromatic N) is 1. The quantitative estimate of drug-likeness (QED) is 0.551. The van der Waals surface area contributed by atoms with Crippen LogP contribution >= 0.6 is 23.2 Å². The lowest BCUT2D eigenvalue weighted by atomic mass is 9.94. The van der Waals surface area contributed by atoms with Gasteiger partial charge in [-0.2, -0.15) is 0 Å². The minimum Gasteiger partial charge on any atom is -0.369 e. The van der Waals surface area contributed by atoms with Gasteiger partial charge in [0.2, 0.25) is 12.3 Å². The molecule has 0 heterocycles. The standard InChI is InChI=1S/C19H28Cl2F2N2O/c1-19(2,3)24-17(26)9-8-16(18(22)23)14-4-6-15(7-5-14)25(12-10-20)13-11-21/h4-7,16,18H,8-13H2,1-3H3,(H,24,26). The molecule has 1 aromatic carbocycles. The van der Waals surface area contributed by atoms with E-state index < -0.39 is 12.3 Å². The number of carbonyl (C=O) groups excluding carboxylic acids is 1. The molecule has 1 atom stereocenters. The number of amides is 1. The summed E-state index contributed by atoms with van der Waals surface area (Å²) in [5.74, 6) is -0.262. The highest BCUT2D eigenvalue weighted by atomic mass is 35.5. The zero-order valence-electron chi connectivity index (χ0n) is 15.6. The van der Waals surface area contributed by atoms with Gasteiger partial charge in [-0.05, 0) is 44.9 Å². The Kier molecular flexibility index (Phi) is 9.66. The Morgan fingerprint density at radius 3 is 2.08 bits per heavy atom. The molecule has 0 aliphatic heterocycles. The number of halogens is 4. The van der Waals surface area contributed by atoms with Crippen molar-refractivity contribution in [3.63, 3.8) is 0 Å². The molecule has 0 aromatic heterocycles. The fourth-order valence-electron chi connectivity index (χ4n) is 2.71. The van der Waals surface area contributed by atoms with E-state index in [4.69, 9.17) is 23.2 Å². The van der Waals surface area contributed by atoms with Crippen molar-refractivity contribution in [3.05, 3.63) is 29.8 Å². The first-order valence-electron chi connectivity index (χ1n) is 8.74. The van der Waals surface area contributed by atoms with E-state index in [-0.39, 0.29) is 24.3 Å². The summed E-state index contributed by atoms with van der Waals surface area (Å²) in [5, 5.41) is 2.80. The Hall–Kier alpha value is -1.07. The first kappa shape index (κ1) is 23.0. The van der Waals surface area contributed by atoms with Crippen LogP contribution < -0.4 is 10.2 Å². The molecule has 0 fully saturated rings. The Morgan fingerprint density at radius 2 is 1.65 bits per heavy atom. The molecular weight excluding hydrogens is 381 g/mol. The van der Waals surface area contributed by atoms with Gasteiger partial charge < -0.3 is 10.2 Å². The molecule has 1 aromatic rings. The van der Waals surface area contributed by atoms with Crippen LogP contribution in [0.1, 0.15) is 45.1 Å². The van der Waals surface area contributed by atoms with Gasteiger partial charge in [0.1, 0.15) is 0 Å². The lowest BCUT2D eigenvalue weighted by Gasteiger charge is -2.24.